The maximum absolute atomic E-state index is 13.3. The molecule has 0 aliphatic heterocycles. The number of pyridine rings is 1. The lowest BCUT2D eigenvalue weighted by Crippen LogP contribution is -2.31. The zero-order valence-corrected chi connectivity index (χ0v) is 20.3. The second-order valence-electron chi connectivity index (χ2n) is 7.88. The summed E-state index contributed by atoms with van der Waals surface area (Å²) in [5, 5.41) is 6.20. The molecule has 2 aromatic carbocycles. The monoisotopic (exact) mass is 498 g/mol. The highest BCUT2D eigenvalue weighted by Crippen LogP contribution is 2.26. The van der Waals surface area contributed by atoms with E-state index in [1.165, 1.54) is 11.8 Å². The molecule has 3 aromatic heterocycles. The molecule has 5 rings (SSSR count). The van der Waals surface area contributed by atoms with E-state index in [9.17, 15) is 9.59 Å². The van der Waals surface area contributed by atoms with Crippen molar-refractivity contribution in [2.24, 2.45) is 0 Å². The van der Waals surface area contributed by atoms with Crippen LogP contribution >= 0.6 is 23.1 Å². The first-order chi connectivity index (χ1) is 17.2. The van der Waals surface area contributed by atoms with Gasteiger partial charge in [0.25, 0.3) is 5.56 Å². The summed E-state index contributed by atoms with van der Waals surface area (Å²) in [5.74, 6) is -0.000386. The molecule has 0 spiro atoms. The number of carbonyl (C=O) groups is 1. The molecule has 174 valence electrons. The molecule has 0 saturated carbocycles. The molecule has 1 atom stereocenters. The third-order valence-electron chi connectivity index (χ3n) is 5.49. The second-order valence-corrected chi connectivity index (χ2v) is 9.80. The molecule has 0 bridgehead atoms. The normalized spacial score (nSPS) is 11.9. The lowest BCUT2D eigenvalue weighted by atomic mass is 10.1. The van der Waals surface area contributed by atoms with E-state index in [0.717, 1.165) is 16.0 Å². The van der Waals surface area contributed by atoms with Gasteiger partial charge in [-0.2, -0.15) is 0 Å². The number of hydrogen-bond acceptors (Lipinski definition) is 6. The summed E-state index contributed by atoms with van der Waals surface area (Å²) in [4.78, 5) is 36.3. The molecule has 0 aliphatic carbocycles. The largest absolute Gasteiger partial charge is 0.344 e. The van der Waals surface area contributed by atoms with Crippen LogP contribution in [0.2, 0.25) is 0 Å². The quantitative estimate of drug-likeness (QED) is 0.243. The van der Waals surface area contributed by atoms with Gasteiger partial charge in [-0.3, -0.25) is 19.1 Å². The fourth-order valence-corrected chi connectivity index (χ4v) is 5.44. The number of nitrogens with one attached hydrogen (secondary N) is 1. The number of carbonyl (C=O) groups excluding carboxylic acids is 1. The second kappa shape index (κ2) is 10.7. The number of fused-ring (bicyclic) bond motifs is 1. The smallest absolute Gasteiger partial charge is 0.262 e. The van der Waals surface area contributed by atoms with Gasteiger partial charge in [-0.05, 0) is 40.8 Å². The highest BCUT2D eigenvalue weighted by molar-refractivity contribution is 7.99. The van der Waals surface area contributed by atoms with Crippen LogP contribution in [-0.4, -0.2) is 26.2 Å². The molecule has 0 saturated heterocycles. The lowest BCUT2D eigenvalue weighted by Gasteiger charge is -2.18. The van der Waals surface area contributed by atoms with E-state index >= 15 is 0 Å². The van der Waals surface area contributed by atoms with E-state index in [1.54, 1.807) is 34.4 Å². The number of para-hydroxylation sites is 1. The van der Waals surface area contributed by atoms with Crippen LogP contribution in [0.3, 0.4) is 0 Å². The molecule has 8 heteroatoms. The first kappa shape index (κ1) is 23.0. The van der Waals surface area contributed by atoms with Crippen LogP contribution in [-0.2, 0) is 11.3 Å². The Hall–Kier alpha value is -3.75. The van der Waals surface area contributed by atoms with Crippen molar-refractivity contribution in [2.45, 2.75) is 17.7 Å². The van der Waals surface area contributed by atoms with Crippen molar-refractivity contribution in [1.29, 1.82) is 0 Å². The molecule has 1 unspecified atom stereocenters. The molecule has 0 fully saturated rings. The van der Waals surface area contributed by atoms with Gasteiger partial charge < -0.3 is 5.32 Å². The highest BCUT2D eigenvalue weighted by Gasteiger charge is 2.19. The summed E-state index contributed by atoms with van der Waals surface area (Å²) in [6.07, 6.45) is 3.43. The molecule has 3 heterocycles. The predicted molar refractivity (Wildman–Crippen MR) is 141 cm³/mol. The summed E-state index contributed by atoms with van der Waals surface area (Å²) >= 11 is 2.86. The molecular weight excluding hydrogens is 476 g/mol. The molecular formula is C27H22N4O2S2. The standard InChI is InChI=1S/C27H22N4O2S2/c32-24(30-25(23-13-7-15-34-23)20-9-2-1-3-10-20)18-35-27-29-22-12-5-4-11-21(22)26(33)31(27)17-19-8-6-14-28-16-19/h1-16,25H,17-18H2,(H,30,32). The Morgan fingerprint density at radius 1 is 1.00 bits per heavy atom. The Labute approximate surface area is 210 Å². The number of amides is 1. The van der Waals surface area contributed by atoms with Crippen LogP contribution in [0.1, 0.15) is 22.0 Å². The Kier molecular flexibility index (Phi) is 7.02. The molecule has 6 nitrogen and oxygen atoms in total. The van der Waals surface area contributed by atoms with Gasteiger partial charge in [0.2, 0.25) is 5.91 Å². The van der Waals surface area contributed by atoms with Gasteiger partial charge in [-0.1, -0.05) is 66.4 Å². The van der Waals surface area contributed by atoms with Gasteiger partial charge in [0, 0.05) is 17.3 Å². The SMILES string of the molecule is O=C(CSc1nc2ccccc2c(=O)n1Cc1cccnc1)NC(c1ccccc1)c1cccs1. The highest BCUT2D eigenvalue weighted by atomic mass is 32.2. The van der Waals surface area contributed by atoms with Gasteiger partial charge in [-0.15, -0.1) is 11.3 Å². The number of hydrogen-bond donors (Lipinski definition) is 1. The molecule has 0 aliphatic rings. The van der Waals surface area contributed by atoms with Crippen molar-refractivity contribution >= 4 is 39.9 Å². The van der Waals surface area contributed by atoms with E-state index in [4.69, 9.17) is 4.98 Å². The Balaban J connectivity index is 1.40. The Morgan fingerprint density at radius 3 is 2.60 bits per heavy atom. The number of thiophene rings is 1. The number of benzene rings is 2. The Morgan fingerprint density at radius 2 is 1.83 bits per heavy atom. The topological polar surface area (TPSA) is 76.9 Å². The summed E-state index contributed by atoms with van der Waals surface area (Å²) < 4.78 is 1.62. The minimum Gasteiger partial charge on any atom is -0.344 e. The van der Waals surface area contributed by atoms with Crippen LogP contribution in [0.15, 0.2) is 107 Å². The third-order valence-corrected chi connectivity index (χ3v) is 7.40. The maximum atomic E-state index is 13.3. The average Bonchev–Trinajstić information content (AvgIpc) is 3.44. The lowest BCUT2D eigenvalue weighted by molar-refractivity contribution is -0.119. The van der Waals surface area contributed by atoms with Crippen LogP contribution in [0.25, 0.3) is 10.9 Å². The average molecular weight is 499 g/mol. The van der Waals surface area contributed by atoms with Crippen LogP contribution in [0.4, 0.5) is 0 Å². The Bertz CT molecular complexity index is 1490. The third kappa shape index (κ3) is 5.34. The van der Waals surface area contributed by atoms with E-state index in [-0.39, 0.29) is 23.3 Å². The maximum Gasteiger partial charge on any atom is 0.262 e. The minimum atomic E-state index is -0.230. The first-order valence-corrected chi connectivity index (χ1v) is 12.9. The van der Waals surface area contributed by atoms with Gasteiger partial charge in [0.15, 0.2) is 5.16 Å². The van der Waals surface area contributed by atoms with Crippen molar-refractivity contribution in [2.75, 3.05) is 5.75 Å². The predicted octanol–water partition coefficient (Wildman–Crippen LogP) is 4.90. The van der Waals surface area contributed by atoms with Crippen LogP contribution in [0, 0.1) is 0 Å². The molecule has 1 amide bonds. The van der Waals surface area contributed by atoms with E-state index in [1.807, 2.05) is 78.2 Å². The van der Waals surface area contributed by atoms with Crippen molar-refractivity contribution in [3.8, 4) is 0 Å². The molecule has 5 aromatic rings. The zero-order valence-electron chi connectivity index (χ0n) is 18.7. The number of rotatable bonds is 8. The summed E-state index contributed by atoms with van der Waals surface area (Å²) in [5.41, 5.74) is 2.39. The van der Waals surface area contributed by atoms with Crippen molar-refractivity contribution in [3.05, 3.63) is 123 Å². The van der Waals surface area contributed by atoms with Gasteiger partial charge in [-0.25, -0.2) is 4.98 Å². The first-order valence-electron chi connectivity index (χ1n) is 11.1. The van der Waals surface area contributed by atoms with Crippen molar-refractivity contribution in [3.63, 3.8) is 0 Å². The van der Waals surface area contributed by atoms with Crippen molar-refractivity contribution in [1.82, 2.24) is 19.9 Å². The van der Waals surface area contributed by atoms with Gasteiger partial charge >= 0.3 is 0 Å². The zero-order chi connectivity index (χ0) is 24.0. The summed E-state index contributed by atoms with van der Waals surface area (Å²) in [6.45, 7) is 0.330. The van der Waals surface area contributed by atoms with Gasteiger partial charge in [0.1, 0.15) is 0 Å². The fourth-order valence-electron chi connectivity index (χ4n) is 3.82. The number of nitrogens with zero attached hydrogens (tertiary/aromatic N) is 3. The van der Waals surface area contributed by atoms with Crippen LogP contribution < -0.4 is 10.9 Å². The summed E-state index contributed by atoms with van der Waals surface area (Å²) in [6, 6.07) is 24.7. The van der Waals surface area contributed by atoms with Crippen molar-refractivity contribution < 1.29 is 4.79 Å². The summed E-state index contributed by atoms with van der Waals surface area (Å²) in [7, 11) is 0. The molecule has 35 heavy (non-hydrogen) atoms. The number of thioether (sulfide) groups is 1. The number of aromatic nitrogens is 3. The van der Waals surface area contributed by atoms with Crippen LogP contribution in [0.5, 0.6) is 0 Å². The van der Waals surface area contributed by atoms with Gasteiger partial charge in [0.05, 0.1) is 29.2 Å². The fraction of sp³-hybridized carbons (Fsp3) is 0.111. The minimum absolute atomic E-state index is 0.131. The van der Waals surface area contributed by atoms with E-state index in [0.29, 0.717) is 22.6 Å². The molecule has 0 radical (unpaired) electrons. The van der Waals surface area contributed by atoms with E-state index < -0.39 is 0 Å². The van der Waals surface area contributed by atoms with E-state index in [2.05, 4.69) is 10.3 Å². The molecule has 1 N–H and O–H groups in total.